The number of thiazole rings is 1. The van der Waals surface area contributed by atoms with Crippen LogP contribution >= 0.6 is 22.9 Å². The average Bonchev–Trinajstić information content (AvgIpc) is 3.10. The van der Waals surface area contributed by atoms with E-state index in [0.29, 0.717) is 12.4 Å². The largest absolute Gasteiger partial charge is 0.345 e. The number of halogens is 1. The van der Waals surface area contributed by atoms with E-state index in [-0.39, 0.29) is 5.69 Å². The normalized spacial score (nSPS) is 11.0. The summed E-state index contributed by atoms with van der Waals surface area (Å²) in [7, 11) is 1.69. The van der Waals surface area contributed by atoms with Gasteiger partial charge in [-0.25, -0.2) is 14.5 Å². The van der Waals surface area contributed by atoms with Crippen LogP contribution in [-0.2, 0) is 19.5 Å². The van der Waals surface area contributed by atoms with Gasteiger partial charge in [-0.3, -0.25) is 4.57 Å². The first kappa shape index (κ1) is 14.0. The van der Waals surface area contributed by atoms with E-state index in [9.17, 15) is 4.79 Å². The number of hydrogen-bond acceptors (Lipinski definition) is 4. The molecule has 0 amide bonds. The van der Waals surface area contributed by atoms with Gasteiger partial charge in [-0.15, -0.1) is 22.9 Å². The van der Waals surface area contributed by atoms with Crippen LogP contribution in [0.4, 0.5) is 0 Å². The Morgan fingerprint density at radius 1 is 1.29 bits per heavy atom. The van der Waals surface area contributed by atoms with Crippen LogP contribution in [0.15, 0.2) is 40.8 Å². The molecule has 7 heteroatoms. The Bertz CT molecular complexity index is 803. The highest BCUT2D eigenvalue weighted by Crippen LogP contribution is 2.24. The van der Waals surface area contributed by atoms with Gasteiger partial charge in [0.1, 0.15) is 11.3 Å². The van der Waals surface area contributed by atoms with E-state index < -0.39 is 0 Å². The van der Waals surface area contributed by atoms with Crippen LogP contribution in [0, 0.1) is 0 Å². The minimum atomic E-state index is -0.120. The molecule has 0 radical (unpaired) electrons. The summed E-state index contributed by atoms with van der Waals surface area (Å²) in [6.07, 6.45) is 1.51. The first-order valence-electron chi connectivity index (χ1n) is 6.35. The zero-order chi connectivity index (χ0) is 14.8. The van der Waals surface area contributed by atoms with Gasteiger partial charge in [-0.2, -0.15) is 5.10 Å². The highest BCUT2D eigenvalue weighted by atomic mass is 35.5. The quantitative estimate of drug-likeness (QED) is 0.694. The van der Waals surface area contributed by atoms with E-state index in [1.165, 1.54) is 15.6 Å². The second-order valence-corrected chi connectivity index (χ2v) is 5.78. The molecule has 0 atom stereocenters. The molecule has 21 heavy (non-hydrogen) atoms. The van der Waals surface area contributed by atoms with Crippen LogP contribution in [-0.4, -0.2) is 19.3 Å². The number of aromatic nitrogens is 4. The Hall–Kier alpha value is -1.92. The fourth-order valence-corrected chi connectivity index (χ4v) is 3.01. The summed E-state index contributed by atoms with van der Waals surface area (Å²) < 4.78 is 2.89. The summed E-state index contributed by atoms with van der Waals surface area (Å²) in [6, 6.07) is 7.97. The van der Waals surface area contributed by atoms with Gasteiger partial charge in [0.15, 0.2) is 0 Å². The van der Waals surface area contributed by atoms with E-state index in [4.69, 9.17) is 11.6 Å². The van der Waals surface area contributed by atoms with Crippen molar-refractivity contribution in [2.24, 2.45) is 7.05 Å². The maximum Gasteiger partial charge on any atom is 0.345 e. The third-order valence-electron chi connectivity index (χ3n) is 3.11. The molecule has 0 fully saturated rings. The molecular formula is C14H13ClN4OS. The predicted octanol–water partition coefficient (Wildman–Crippen LogP) is 2.49. The smallest absolute Gasteiger partial charge is 0.285 e. The minimum Gasteiger partial charge on any atom is -0.285 e. The van der Waals surface area contributed by atoms with Crippen molar-refractivity contribution in [2.75, 3.05) is 0 Å². The van der Waals surface area contributed by atoms with Crippen LogP contribution in [0.5, 0.6) is 0 Å². The Balaban J connectivity index is 1.80. The number of rotatable bonds is 4. The fourth-order valence-electron chi connectivity index (χ4n) is 1.96. The van der Waals surface area contributed by atoms with Crippen molar-refractivity contribution in [1.82, 2.24) is 19.3 Å². The first-order valence-corrected chi connectivity index (χ1v) is 7.77. The number of alkyl halides is 1. The molecule has 0 unspecified atom stereocenters. The van der Waals surface area contributed by atoms with Crippen molar-refractivity contribution in [3.05, 3.63) is 57.7 Å². The molecule has 3 aromatic rings. The number of aryl methyl sites for hydroxylation is 1. The molecular weight excluding hydrogens is 308 g/mol. The lowest BCUT2D eigenvalue weighted by Gasteiger charge is -2.02. The second kappa shape index (κ2) is 5.83. The van der Waals surface area contributed by atoms with E-state index in [2.05, 4.69) is 10.1 Å². The van der Waals surface area contributed by atoms with E-state index in [0.717, 1.165) is 21.8 Å². The van der Waals surface area contributed by atoms with Gasteiger partial charge in [-0.1, -0.05) is 24.3 Å². The Kier molecular flexibility index (Phi) is 3.90. The van der Waals surface area contributed by atoms with E-state index in [1.54, 1.807) is 18.4 Å². The first-order chi connectivity index (χ1) is 10.2. The predicted molar refractivity (Wildman–Crippen MR) is 83.7 cm³/mol. The maximum atomic E-state index is 11.7. The molecule has 3 rings (SSSR count). The van der Waals surface area contributed by atoms with Crippen LogP contribution in [0.1, 0.15) is 11.3 Å². The minimum absolute atomic E-state index is 0.120. The summed E-state index contributed by atoms with van der Waals surface area (Å²) in [5.74, 6) is 0.428. The van der Waals surface area contributed by atoms with Crippen molar-refractivity contribution in [2.45, 2.75) is 12.4 Å². The Morgan fingerprint density at radius 3 is 2.62 bits per heavy atom. The molecule has 0 aliphatic rings. The van der Waals surface area contributed by atoms with E-state index in [1.807, 2.05) is 29.6 Å². The van der Waals surface area contributed by atoms with Crippen LogP contribution < -0.4 is 5.69 Å². The lowest BCUT2D eigenvalue weighted by atomic mass is 10.1. The van der Waals surface area contributed by atoms with Gasteiger partial charge in [0.05, 0.1) is 18.1 Å². The van der Waals surface area contributed by atoms with Crippen molar-refractivity contribution >= 4 is 22.9 Å². The molecule has 0 saturated carbocycles. The summed E-state index contributed by atoms with van der Waals surface area (Å²) in [5, 5.41) is 6.96. The van der Waals surface area contributed by atoms with Crippen molar-refractivity contribution < 1.29 is 0 Å². The number of hydrogen-bond donors (Lipinski definition) is 0. The SMILES string of the molecule is Cn1cnn(Cc2ccc(-c3nc(CCl)cs3)cc2)c1=O. The summed E-state index contributed by atoms with van der Waals surface area (Å²) in [5.41, 5.74) is 2.84. The molecule has 0 saturated heterocycles. The standard InChI is InChI=1S/C14H13ClN4OS/c1-18-9-16-19(14(18)20)7-10-2-4-11(5-3-10)13-17-12(6-15)8-21-13/h2-5,8-9H,6-7H2,1H3. The lowest BCUT2D eigenvalue weighted by molar-refractivity contribution is 0.647. The molecule has 0 bridgehead atoms. The van der Waals surface area contributed by atoms with Crippen LogP contribution in [0.25, 0.3) is 10.6 Å². The molecule has 0 aliphatic heterocycles. The third-order valence-corrected chi connectivity index (χ3v) is 4.32. The molecule has 108 valence electrons. The maximum absolute atomic E-state index is 11.7. The van der Waals surface area contributed by atoms with Gasteiger partial charge in [0.2, 0.25) is 0 Å². The van der Waals surface area contributed by atoms with Crippen LogP contribution in [0.3, 0.4) is 0 Å². The molecule has 0 N–H and O–H groups in total. The highest BCUT2D eigenvalue weighted by Gasteiger charge is 2.06. The zero-order valence-electron chi connectivity index (χ0n) is 11.4. The summed E-state index contributed by atoms with van der Waals surface area (Å²) in [4.78, 5) is 16.2. The highest BCUT2D eigenvalue weighted by molar-refractivity contribution is 7.13. The lowest BCUT2D eigenvalue weighted by Crippen LogP contribution is -2.23. The molecule has 2 aromatic heterocycles. The average molecular weight is 321 g/mol. The topological polar surface area (TPSA) is 52.7 Å². The third kappa shape index (κ3) is 2.91. The van der Waals surface area contributed by atoms with Gasteiger partial charge in [-0.05, 0) is 5.56 Å². The van der Waals surface area contributed by atoms with Crippen LogP contribution in [0.2, 0.25) is 0 Å². The fraction of sp³-hybridized carbons (Fsp3) is 0.214. The van der Waals surface area contributed by atoms with Gasteiger partial charge in [0, 0.05) is 18.0 Å². The Labute approximate surface area is 130 Å². The van der Waals surface area contributed by atoms with Crippen molar-refractivity contribution in [3.63, 3.8) is 0 Å². The molecule has 1 aromatic carbocycles. The zero-order valence-corrected chi connectivity index (χ0v) is 12.9. The molecule has 0 spiro atoms. The van der Waals surface area contributed by atoms with Crippen molar-refractivity contribution in [3.8, 4) is 10.6 Å². The summed E-state index contributed by atoms with van der Waals surface area (Å²) >= 11 is 7.34. The van der Waals surface area contributed by atoms with E-state index >= 15 is 0 Å². The molecule has 0 aliphatic carbocycles. The Morgan fingerprint density at radius 2 is 2.05 bits per heavy atom. The van der Waals surface area contributed by atoms with Gasteiger partial charge in [0.25, 0.3) is 0 Å². The monoisotopic (exact) mass is 320 g/mol. The number of benzene rings is 1. The van der Waals surface area contributed by atoms with Crippen molar-refractivity contribution in [1.29, 1.82) is 0 Å². The number of nitrogens with zero attached hydrogens (tertiary/aromatic N) is 4. The van der Waals surface area contributed by atoms with Gasteiger partial charge < -0.3 is 0 Å². The summed E-state index contributed by atoms with van der Waals surface area (Å²) in [6.45, 7) is 0.463. The molecule has 2 heterocycles. The second-order valence-electron chi connectivity index (χ2n) is 4.66. The molecule has 5 nitrogen and oxygen atoms in total. The van der Waals surface area contributed by atoms with Gasteiger partial charge >= 0.3 is 5.69 Å².